The summed E-state index contributed by atoms with van der Waals surface area (Å²) < 4.78 is 11.5. The number of thiocarbonyl (C=S) groups is 1. The average Bonchev–Trinajstić information content (AvgIpc) is 2.79. The molecule has 0 unspecified atom stereocenters. The van der Waals surface area contributed by atoms with E-state index in [4.69, 9.17) is 44.9 Å². The van der Waals surface area contributed by atoms with Crippen LogP contribution in [0.25, 0.3) is 0 Å². The van der Waals surface area contributed by atoms with E-state index in [2.05, 4.69) is 12.2 Å². The van der Waals surface area contributed by atoms with Gasteiger partial charge in [0.25, 0.3) is 0 Å². The molecule has 0 atom stereocenters. The maximum atomic E-state index is 6.47. The highest BCUT2D eigenvalue weighted by Crippen LogP contribution is 2.36. The third kappa shape index (κ3) is 4.78. The molecular weight excluding hydrogens is 437 g/mol. The molecule has 6 heteroatoms. The Morgan fingerprint density at radius 1 is 1.13 bits per heavy atom. The van der Waals surface area contributed by atoms with E-state index in [1.54, 1.807) is 24.6 Å². The van der Waals surface area contributed by atoms with E-state index >= 15 is 0 Å². The van der Waals surface area contributed by atoms with Crippen LogP contribution < -0.4 is 4.74 Å². The zero-order chi connectivity index (χ0) is 20.9. The van der Waals surface area contributed by atoms with Crippen molar-refractivity contribution < 1.29 is 9.47 Å². The van der Waals surface area contributed by atoms with Crippen LogP contribution in [0, 0.1) is 0 Å². The number of allylic oxidation sites excluding steroid dienone is 4. The van der Waals surface area contributed by atoms with Gasteiger partial charge >= 0.3 is 0 Å². The van der Waals surface area contributed by atoms with Gasteiger partial charge in [-0.05, 0) is 36.1 Å². The number of rotatable bonds is 5. The summed E-state index contributed by atoms with van der Waals surface area (Å²) in [7, 11) is 0. The largest absolute Gasteiger partial charge is 0.486 e. The molecule has 30 heavy (non-hydrogen) atoms. The maximum Gasteiger partial charge on any atom is 0.157 e. The minimum absolute atomic E-state index is 0.381. The molecule has 152 valence electrons. The van der Waals surface area contributed by atoms with E-state index < -0.39 is 0 Å². The smallest absolute Gasteiger partial charge is 0.157 e. The lowest BCUT2D eigenvalue weighted by Gasteiger charge is -2.24. The normalized spacial score (nSPS) is 15.3. The third-order valence-electron chi connectivity index (χ3n) is 4.71. The Morgan fingerprint density at radius 3 is 2.60 bits per heavy atom. The van der Waals surface area contributed by atoms with Crippen LogP contribution in [0.3, 0.4) is 0 Å². The minimum atomic E-state index is 0.381. The van der Waals surface area contributed by atoms with Gasteiger partial charge in [-0.25, -0.2) is 0 Å². The molecule has 0 spiro atoms. The van der Waals surface area contributed by atoms with Crippen LogP contribution in [-0.4, -0.2) is 9.89 Å². The molecule has 0 fully saturated rings. The number of benzene rings is 2. The number of hydrogen-bond acceptors (Lipinski definition) is 3. The fraction of sp³-hybridized carbons (Fsp3) is 0.125. The summed E-state index contributed by atoms with van der Waals surface area (Å²) in [5.74, 6) is 1.23. The topological polar surface area (TPSA) is 21.7 Å². The fourth-order valence-corrected chi connectivity index (χ4v) is 3.99. The Balaban J connectivity index is 1.52. The van der Waals surface area contributed by atoms with Crippen LogP contribution in [0.1, 0.15) is 24.0 Å². The Bertz CT molecular complexity index is 1050. The van der Waals surface area contributed by atoms with E-state index in [-0.39, 0.29) is 0 Å². The Labute approximate surface area is 191 Å². The lowest BCUT2D eigenvalue weighted by atomic mass is 10.0. The van der Waals surface area contributed by atoms with Crippen LogP contribution in [0.5, 0.6) is 5.75 Å². The zero-order valence-electron chi connectivity index (χ0n) is 16.1. The van der Waals surface area contributed by atoms with E-state index in [9.17, 15) is 0 Å². The Kier molecular flexibility index (Phi) is 6.58. The number of nitrogens with zero attached hydrogens (tertiary/aromatic N) is 1. The zero-order valence-corrected chi connectivity index (χ0v) is 18.4. The molecule has 4 rings (SSSR count). The molecule has 0 radical (unpaired) electrons. The second-order valence-corrected chi connectivity index (χ2v) is 8.01. The summed E-state index contributed by atoms with van der Waals surface area (Å²) in [6, 6.07) is 13.4. The van der Waals surface area contributed by atoms with E-state index in [0.717, 1.165) is 35.3 Å². The van der Waals surface area contributed by atoms with Gasteiger partial charge in [0, 0.05) is 11.8 Å². The van der Waals surface area contributed by atoms with Gasteiger partial charge in [-0.1, -0.05) is 84.0 Å². The number of ether oxygens (including phenoxy) is 2. The van der Waals surface area contributed by atoms with Crippen LogP contribution in [-0.2, 0) is 11.3 Å². The second-order valence-electron chi connectivity index (χ2n) is 6.81. The quantitative estimate of drug-likeness (QED) is 0.445. The first kappa shape index (κ1) is 20.7. The van der Waals surface area contributed by atoms with Crippen molar-refractivity contribution in [1.29, 1.82) is 0 Å². The highest BCUT2D eigenvalue weighted by molar-refractivity contribution is 7.80. The van der Waals surface area contributed by atoms with Crippen LogP contribution in [0.2, 0.25) is 10.0 Å². The summed E-state index contributed by atoms with van der Waals surface area (Å²) in [4.78, 5) is 2.40. The second kappa shape index (κ2) is 9.52. The standard InChI is InChI=1S/C24H19Cl2NO2S/c25-20-13-19(14-21(26)23(20)29-16-17-7-3-1-4-8-17)24(30)27-11-12-28-22(15-27)18-9-5-2-6-10-18/h1-5,7-9,11-15H,6,10,16H2. The summed E-state index contributed by atoms with van der Waals surface area (Å²) in [5.41, 5.74) is 2.90. The van der Waals surface area contributed by atoms with Crippen molar-refractivity contribution in [3.05, 3.63) is 112 Å². The molecule has 2 aromatic rings. The van der Waals surface area contributed by atoms with E-state index in [0.29, 0.717) is 27.4 Å². The van der Waals surface area contributed by atoms with Gasteiger partial charge in [0.1, 0.15) is 23.6 Å². The predicted octanol–water partition coefficient (Wildman–Crippen LogP) is 7.17. The molecule has 0 saturated heterocycles. The highest BCUT2D eigenvalue weighted by atomic mass is 35.5. The van der Waals surface area contributed by atoms with Gasteiger partial charge in [-0.2, -0.15) is 0 Å². The van der Waals surface area contributed by atoms with Gasteiger partial charge in [-0.3, -0.25) is 0 Å². The first-order valence-corrected chi connectivity index (χ1v) is 10.7. The van der Waals surface area contributed by atoms with E-state index in [1.165, 1.54) is 0 Å². The summed E-state index contributed by atoms with van der Waals surface area (Å²) >= 11 is 18.6. The monoisotopic (exact) mass is 455 g/mol. The van der Waals surface area contributed by atoms with Crippen LogP contribution in [0.4, 0.5) is 0 Å². The lowest BCUT2D eigenvalue weighted by molar-refractivity contribution is 0.306. The van der Waals surface area contributed by atoms with Crippen molar-refractivity contribution in [3.63, 3.8) is 0 Å². The number of hydrogen-bond donors (Lipinski definition) is 0. The average molecular weight is 456 g/mol. The van der Waals surface area contributed by atoms with Crippen molar-refractivity contribution in [2.24, 2.45) is 0 Å². The Hall–Kier alpha value is -2.53. The van der Waals surface area contributed by atoms with Crippen molar-refractivity contribution in [2.45, 2.75) is 19.4 Å². The summed E-state index contributed by atoms with van der Waals surface area (Å²) in [6.45, 7) is 0.381. The summed E-state index contributed by atoms with van der Waals surface area (Å²) in [6.07, 6.45) is 13.4. The molecule has 1 aliphatic carbocycles. The summed E-state index contributed by atoms with van der Waals surface area (Å²) in [5, 5.41) is 0.828. The predicted molar refractivity (Wildman–Crippen MR) is 126 cm³/mol. The van der Waals surface area contributed by atoms with Gasteiger partial charge in [0.2, 0.25) is 0 Å². The molecule has 2 aromatic carbocycles. The molecule has 2 aliphatic rings. The van der Waals surface area contributed by atoms with Crippen LogP contribution in [0.15, 0.2) is 90.7 Å². The molecule has 3 nitrogen and oxygen atoms in total. The SMILES string of the molecule is S=C(c1cc(Cl)c(OCc2ccccc2)c(Cl)c1)N1C=COC(C2=CC=CCC2)=C1. The van der Waals surface area contributed by atoms with Gasteiger partial charge in [0.15, 0.2) is 5.75 Å². The fourth-order valence-electron chi connectivity index (χ4n) is 3.16. The third-order valence-corrected chi connectivity index (χ3v) is 5.72. The Morgan fingerprint density at radius 2 is 1.90 bits per heavy atom. The highest BCUT2D eigenvalue weighted by Gasteiger charge is 2.18. The maximum absolute atomic E-state index is 6.47. The minimum Gasteiger partial charge on any atom is -0.486 e. The van der Waals surface area contributed by atoms with Crippen molar-refractivity contribution in [1.82, 2.24) is 4.90 Å². The van der Waals surface area contributed by atoms with Crippen molar-refractivity contribution >= 4 is 40.4 Å². The molecule has 0 aromatic heterocycles. The lowest BCUT2D eigenvalue weighted by Crippen LogP contribution is -2.22. The first-order valence-electron chi connectivity index (χ1n) is 9.51. The van der Waals surface area contributed by atoms with Gasteiger partial charge < -0.3 is 14.4 Å². The first-order chi connectivity index (χ1) is 14.6. The van der Waals surface area contributed by atoms with Crippen molar-refractivity contribution in [2.75, 3.05) is 0 Å². The van der Waals surface area contributed by atoms with Crippen LogP contribution >= 0.6 is 35.4 Å². The molecule has 1 heterocycles. The van der Waals surface area contributed by atoms with Crippen molar-refractivity contribution in [3.8, 4) is 5.75 Å². The molecular formula is C24H19Cl2NO2S. The molecule has 1 aliphatic heterocycles. The van der Waals surface area contributed by atoms with E-state index in [1.807, 2.05) is 47.5 Å². The van der Waals surface area contributed by atoms with Gasteiger partial charge in [-0.15, -0.1) is 0 Å². The molecule has 0 bridgehead atoms. The molecule has 0 amide bonds. The molecule has 0 saturated carbocycles. The van der Waals surface area contributed by atoms with Gasteiger partial charge in [0.05, 0.1) is 16.2 Å². The number of halogens is 2. The molecule has 0 N–H and O–H groups in total.